The van der Waals surface area contributed by atoms with Crippen molar-refractivity contribution in [3.63, 3.8) is 0 Å². The van der Waals surface area contributed by atoms with Gasteiger partial charge in [0.2, 0.25) is 0 Å². The molecule has 10 nitrogen and oxygen atoms in total. The molecule has 2 atom stereocenters. The second kappa shape index (κ2) is 11.5. The van der Waals surface area contributed by atoms with E-state index in [-0.39, 0.29) is 17.7 Å². The fourth-order valence-electron chi connectivity index (χ4n) is 6.12. The molecule has 0 amide bonds. The van der Waals surface area contributed by atoms with Crippen LogP contribution < -0.4 is 10.3 Å². The predicted octanol–water partition coefficient (Wildman–Crippen LogP) is 3.23. The molecular weight excluding hydrogens is 506 g/mol. The lowest BCUT2D eigenvalue weighted by Gasteiger charge is -2.38. The molecule has 2 aliphatic rings. The van der Waals surface area contributed by atoms with Crippen molar-refractivity contribution in [1.29, 1.82) is 0 Å². The summed E-state index contributed by atoms with van der Waals surface area (Å²) in [4.78, 5) is 21.6. The van der Waals surface area contributed by atoms with Gasteiger partial charge in [-0.05, 0) is 78.1 Å². The first-order chi connectivity index (χ1) is 19.5. The summed E-state index contributed by atoms with van der Waals surface area (Å²) in [5.41, 5.74) is 4.90. The van der Waals surface area contributed by atoms with Gasteiger partial charge in [-0.1, -0.05) is 18.2 Å². The van der Waals surface area contributed by atoms with E-state index < -0.39 is 0 Å². The third-order valence-corrected chi connectivity index (χ3v) is 8.15. The zero-order valence-corrected chi connectivity index (χ0v) is 23.5. The third-order valence-electron chi connectivity index (χ3n) is 8.15. The monoisotopic (exact) mass is 543 g/mol. The van der Waals surface area contributed by atoms with Gasteiger partial charge in [-0.25, -0.2) is 4.68 Å². The number of aromatic amines is 1. The Hall–Kier alpha value is -3.60. The Labute approximate surface area is 233 Å². The molecule has 0 spiro atoms. The molecule has 210 valence electrons. The minimum atomic E-state index is -0.371. The van der Waals surface area contributed by atoms with Gasteiger partial charge in [0.1, 0.15) is 11.8 Å². The van der Waals surface area contributed by atoms with Crippen molar-refractivity contribution in [1.82, 2.24) is 35.0 Å². The number of benzene rings is 2. The van der Waals surface area contributed by atoms with E-state index in [1.165, 1.54) is 5.56 Å². The van der Waals surface area contributed by atoms with Gasteiger partial charge in [0.05, 0.1) is 19.8 Å². The molecule has 2 aromatic carbocycles. The Kier molecular flexibility index (Phi) is 7.64. The summed E-state index contributed by atoms with van der Waals surface area (Å²) >= 11 is 0. The number of fused-ring (bicyclic) bond motifs is 1. The molecule has 1 N–H and O–H groups in total. The summed E-state index contributed by atoms with van der Waals surface area (Å²) in [6.07, 6.45) is 2.12. The van der Waals surface area contributed by atoms with Crippen LogP contribution in [-0.2, 0) is 17.8 Å². The van der Waals surface area contributed by atoms with Crippen molar-refractivity contribution in [2.24, 2.45) is 0 Å². The van der Waals surface area contributed by atoms with Gasteiger partial charge in [-0.3, -0.25) is 14.6 Å². The molecule has 2 fully saturated rings. The van der Waals surface area contributed by atoms with Crippen molar-refractivity contribution in [3.8, 4) is 5.75 Å². The molecule has 0 bridgehead atoms. The lowest BCUT2D eigenvalue weighted by atomic mass is 9.99. The maximum Gasteiger partial charge on any atom is 0.253 e. The Bertz CT molecular complexity index is 1530. The number of hydrogen-bond donors (Lipinski definition) is 1. The zero-order valence-electron chi connectivity index (χ0n) is 23.5. The molecule has 2 saturated heterocycles. The summed E-state index contributed by atoms with van der Waals surface area (Å²) < 4.78 is 13.1. The van der Waals surface area contributed by atoms with Crippen LogP contribution in [0.5, 0.6) is 5.75 Å². The SMILES string of the molecule is COc1cccc(CN2CCN([C@@H](c3cc4c(C)cc(C)cc4[nH]c3=O)c3nnnn3C[C@H]3CCCO3)CC2)c1. The fourth-order valence-corrected chi connectivity index (χ4v) is 6.12. The van der Waals surface area contributed by atoms with E-state index in [2.05, 4.69) is 55.4 Å². The lowest BCUT2D eigenvalue weighted by molar-refractivity contribution is 0.0840. The van der Waals surface area contributed by atoms with Crippen LogP contribution in [0.15, 0.2) is 47.3 Å². The standard InChI is InChI=1S/C30H37N7O3/c1-20-14-21(2)25-17-26(30(38)31-27(25)15-20)28(29-32-33-34-37(29)19-24-8-5-13-40-24)36-11-9-35(10-12-36)18-22-6-4-7-23(16-22)39-3/h4,6-7,14-17,24,28H,5,8-13,18-19H2,1-3H3,(H,31,38)/t24-,28+/m1/s1. The normalized spacial score (nSPS) is 19.3. The van der Waals surface area contributed by atoms with Gasteiger partial charge in [-0.2, -0.15) is 0 Å². The third kappa shape index (κ3) is 5.52. The number of piperazine rings is 1. The Morgan fingerprint density at radius 3 is 2.75 bits per heavy atom. The topological polar surface area (TPSA) is 101 Å². The number of nitrogens with zero attached hydrogens (tertiary/aromatic N) is 6. The molecular formula is C30H37N7O3. The van der Waals surface area contributed by atoms with Crippen molar-refractivity contribution in [2.45, 2.75) is 51.9 Å². The average Bonchev–Trinajstić information content (AvgIpc) is 3.63. The van der Waals surface area contributed by atoms with Crippen LogP contribution in [0.25, 0.3) is 10.9 Å². The van der Waals surface area contributed by atoms with E-state index in [0.717, 1.165) is 80.0 Å². The van der Waals surface area contributed by atoms with Crippen LogP contribution in [-0.4, -0.2) is 81.0 Å². The first-order valence-corrected chi connectivity index (χ1v) is 14.1. The maximum absolute atomic E-state index is 13.6. The van der Waals surface area contributed by atoms with Crippen LogP contribution in [0, 0.1) is 13.8 Å². The number of methoxy groups -OCH3 is 1. The van der Waals surface area contributed by atoms with Gasteiger partial charge in [-0.15, -0.1) is 5.10 Å². The van der Waals surface area contributed by atoms with Gasteiger partial charge in [0.25, 0.3) is 5.56 Å². The average molecular weight is 544 g/mol. The summed E-state index contributed by atoms with van der Waals surface area (Å²) in [5, 5.41) is 13.9. The van der Waals surface area contributed by atoms with Crippen LogP contribution in [0.3, 0.4) is 0 Å². The highest BCUT2D eigenvalue weighted by molar-refractivity contribution is 5.83. The van der Waals surface area contributed by atoms with Crippen molar-refractivity contribution in [3.05, 3.63) is 80.9 Å². The van der Waals surface area contributed by atoms with E-state index in [4.69, 9.17) is 9.47 Å². The summed E-state index contributed by atoms with van der Waals surface area (Å²) in [6.45, 7) is 9.63. The van der Waals surface area contributed by atoms with Crippen molar-refractivity contribution >= 4 is 10.9 Å². The van der Waals surface area contributed by atoms with Crippen molar-refractivity contribution < 1.29 is 9.47 Å². The first-order valence-electron chi connectivity index (χ1n) is 14.1. The second-order valence-corrected chi connectivity index (χ2v) is 11.0. The van der Waals surface area contributed by atoms with E-state index in [1.54, 1.807) is 7.11 Å². The van der Waals surface area contributed by atoms with Crippen LogP contribution in [0.4, 0.5) is 0 Å². The first kappa shape index (κ1) is 26.6. The number of pyridine rings is 1. The molecule has 2 aliphatic heterocycles. The summed E-state index contributed by atoms with van der Waals surface area (Å²) in [5.74, 6) is 1.56. The van der Waals surface area contributed by atoms with Gasteiger partial charge >= 0.3 is 0 Å². The molecule has 4 heterocycles. The minimum absolute atomic E-state index is 0.0859. The lowest BCUT2D eigenvalue weighted by Crippen LogP contribution is -2.48. The molecule has 0 radical (unpaired) electrons. The highest BCUT2D eigenvalue weighted by Crippen LogP contribution is 2.30. The largest absolute Gasteiger partial charge is 0.497 e. The number of aromatic nitrogens is 5. The smallest absolute Gasteiger partial charge is 0.253 e. The quantitative estimate of drug-likeness (QED) is 0.362. The number of H-pyrrole nitrogens is 1. The van der Waals surface area contributed by atoms with E-state index in [1.807, 2.05) is 35.9 Å². The summed E-state index contributed by atoms with van der Waals surface area (Å²) in [7, 11) is 1.70. The van der Waals surface area contributed by atoms with Gasteiger partial charge in [0, 0.05) is 55.8 Å². The van der Waals surface area contributed by atoms with E-state index >= 15 is 0 Å². The highest BCUT2D eigenvalue weighted by Gasteiger charge is 2.33. The number of tetrazole rings is 1. The second-order valence-electron chi connectivity index (χ2n) is 11.0. The molecule has 0 saturated carbocycles. The minimum Gasteiger partial charge on any atom is -0.497 e. The number of aryl methyl sites for hydroxylation is 2. The number of nitrogens with one attached hydrogen (secondary N) is 1. The van der Waals surface area contributed by atoms with E-state index in [0.29, 0.717) is 17.9 Å². The van der Waals surface area contributed by atoms with E-state index in [9.17, 15) is 4.79 Å². The van der Waals surface area contributed by atoms with Crippen molar-refractivity contribution in [2.75, 3.05) is 39.9 Å². The van der Waals surface area contributed by atoms with Crippen LogP contribution >= 0.6 is 0 Å². The van der Waals surface area contributed by atoms with Crippen LogP contribution in [0.1, 0.15) is 47.0 Å². The molecule has 0 aliphatic carbocycles. The van der Waals surface area contributed by atoms with Gasteiger partial charge in [0.15, 0.2) is 5.82 Å². The maximum atomic E-state index is 13.6. The molecule has 0 unspecified atom stereocenters. The highest BCUT2D eigenvalue weighted by atomic mass is 16.5. The molecule has 4 aromatic rings. The molecule has 6 rings (SSSR count). The Morgan fingerprint density at radius 1 is 1.12 bits per heavy atom. The molecule has 40 heavy (non-hydrogen) atoms. The summed E-state index contributed by atoms with van der Waals surface area (Å²) in [6, 6.07) is 14.1. The number of rotatable bonds is 8. The van der Waals surface area contributed by atoms with Gasteiger partial charge < -0.3 is 14.5 Å². The molecule has 10 heteroatoms. The van der Waals surface area contributed by atoms with Crippen LogP contribution in [0.2, 0.25) is 0 Å². The Balaban J connectivity index is 1.32. The number of ether oxygens (including phenoxy) is 2. The number of hydrogen-bond acceptors (Lipinski definition) is 8. The zero-order chi connectivity index (χ0) is 27.6. The predicted molar refractivity (Wildman–Crippen MR) is 153 cm³/mol. The fraction of sp³-hybridized carbons (Fsp3) is 0.467. The Morgan fingerprint density at radius 2 is 1.98 bits per heavy atom. The molecule has 2 aromatic heterocycles.